The second-order valence-electron chi connectivity index (χ2n) is 4.15. The van der Waals surface area contributed by atoms with E-state index in [0.717, 1.165) is 10.0 Å². The smallest absolute Gasteiger partial charge is 0.256 e. The number of nitrogens with one attached hydrogen (secondary N) is 1. The van der Waals surface area contributed by atoms with Crippen LogP contribution in [0.1, 0.15) is 15.9 Å². The van der Waals surface area contributed by atoms with Crippen LogP contribution in [0.5, 0.6) is 0 Å². The molecule has 3 N–H and O–H groups in total. The molecule has 0 bridgehead atoms. The Kier molecular flexibility index (Phi) is 4.12. The molecule has 1 amide bonds. The summed E-state index contributed by atoms with van der Waals surface area (Å²) in [7, 11) is 0. The van der Waals surface area contributed by atoms with Crippen LogP contribution in [-0.4, -0.2) is 5.91 Å². The molecule has 19 heavy (non-hydrogen) atoms. The molecule has 0 radical (unpaired) electrons. The van der Waals surface area contributed by atoms with E-state index in [9.17, 15) is 4.79 Å². The molecule has 0 atom stereocenters. The SMILES string of the molecule is Cc1ccc(Br)cc1C(=O)Nc1cc(N)ccc1Cl. The summed E-state index contributed by atoms with van der Waals surface area (Å²) in [6.45, 7) is 1.88. The van der Waals surface area contributed by atoms with E-state index in [4.69, 9.17) is 17.3 Å². The van der Waals surface area contributed by atoms with E-state index in [-0.39, 0.29) is 5.91 Å². The monoisotopic (exact) mass is 338 g/mol. The molecule has 98 valence electrons. The van der Waals surface area contributed by atoms with Gasteiger partial charge in [0.15, 0.2) is 0 Å². The minimum Gasteiger partial charge on any atom is -0.399 e. The van der Waals surface area contributed by atoms with E-state index in [1.165, 1.54) is 0 Å². The van der Waals surface area contributed by atoms with Gasteiger partial charge in [-0.1, -0.05) is 33.6 Å². The maximum Gasteiger partial charge on any atom is 0.256 e. The van der Waals surface area contributed by atoms with E-state index >= 15 is 0 Å². The normalized spacial score (nSPS) is 10.3. The third-order valence-electron chi connectivity index (χ3n) is 2.68. The van der Waals surface area contributed by atoms with Gasteiger partial charge >= 0.3 is 0 Å². The van der Waals surface area contributed by atoms with Crippen LogP contribution in [0.15, 0.2) is 40.9 Å². The number of anilines is 2. The summed E-state index contributed by atoms with van der Waals surface area (Å²) >= 11 is 9.37. The second kappa shape index (κ2) is 5.63. The van der Waals surface area contributed by atoms with E-state index in [1.54, 1.807) is 24.3 Å². The van der Waals surface area contributed by atoms with Crippen LogP contribution in [0.2, 0.25) is 5.02 Å². The maximum atomic E-state index is 12.2. The van der Waals surface area contributed by atoms with Gasteiger partial charge in [0.25, 0.3) is 5.91 Å². The largest absolute Gasteiger partial charge is 0.399 e. The molecule has 2 aromatic carbocycles. The van der Waals surface area contributed by atoms with Gasteiger partial charge in [0, 0.05) is 15.7 Å². The number of carbonyl (C=O) groups is 1. The van der Waals surface area contributed by atoms with Gasteiger partial charge in [0.1, 0.15) is 0 Å². The highest BCUT2D eigenvalue weighted by Crippen LogP contribution is 2.25. The maximum absolute atomic E-state index is 12.2. The van der Waals surface area contributed by atoms with Gasteiger partial charge in [-0.3, -0.25) is 4.79 Å². The number of benzene rings is 2. The van der Waals surface area contributed by atoms with Gasteiger partial charge in [-0.25, -0.2) is 0 Å². The predicted molar refractivity (Wildman–Crippen MR) is 82.7 cm³/mol. The molecule has 2 aromatic rings. The Bertz CT molecular complexity index is 643. The van der Waals surface area contributed by atoms with Crippen molar-refractivity contribution in [3.8, 4) is 0 Å². The van der Waals surface area contributed by atoms with Crippen molar-refractivity contribution in [3.63, 3.8) is 0 Å². The van der Waals surface area contributed by atoms with Crippen LogP contribution < -0.4 is 11.1 Å². The summed E-state index contributed by atoms with van der Waals surface area (Å²) in [6, 6.07) is 10.5. The molecule has 5 heteroatoms. The lowest BCUT2D eigenvalue weighted by molar-refractivity contribution is 0.102. The fourth-order valence-corrected chi connectivity index (χ4v) is 2.19. The standard InChI is InChI=1S/C14H12BrClN2O/c1-8-2-3-9(15)6-11(8)14(19)18-13-7-10(17)4-5-12(13)16/h2-7H,17H2,1H3,(H,18,19). The molecule has 0 heterocycles. The number of nitrogens with two attached hydrogens (primary N) is 1. The number of hydrogen-bond donors (Lipinski definition) is 2. The Hall–Kier alpha value is -1.52. The predicted octanol–water partition coefficient (Wildman–Crippen LogP) is 4.25. The Labute approximate surface area is 124 Å². The van der Waals surface area contributed by atoms with E-state index in [1.807, 2.05) is 19.1 Å². The molecule has 0 unspecified atom stereocenters. The fraction of sp³-hybridized carbons (Fsp3) is 0.0714. The first-order valence-electron chi connectivity index (χ1n) is 5.60. The zero-order chi connectivity index (χ0) is 14.0. The molecule has 0 aliphatic carbocycles. The van der Waals surface area contributed by atoms with Gasteiger partial charge in [0.05, 0.1) is 10.7 Å². The zero-order valence-corrected chi connectivity index (χ0v) is 12.5. The average Bonchev–Trinajstić information content (AvgIpc) is 2.36. The number of rotatable bonds is 2. The summed E-state index contributed by atoms with van der Waals surface area (Å²) < 4.78 is 0.849. The first-order valence-corrected chi connectivity index (χ1v) is 6.77. The van der Waals surface area contributed by atoms with Crippen molar-refractivity contribution in [1.82, 2.24) is 0 Å². The zero-order valence-electron chi connectivity index (χ0n) is 10.2. The van der Waals surface area contributed by atoms with Gasteiger partial charge in [-0.2, -0.15) is 0 Å². The minimum absolute atomic E-state index is 0.216. The van der Waals surface area contributed by atoms with Crippen LogP contribution >= 0.6 is 27.5 Å². The first kappa shape index (κ1) is 13.9. The first-order chi connectivity index (χ1) is 8.97. The van der Waals surface area contributed by atoms with Crippen molar-refractivity contribution in [3.05, 3.63) is 57.0 Å². The molecule has 0 saturated carbocycles. The molecule has 2 rings (SSSR count). The summed E-state index contributed by atoms with van der Waals surface area (Å²) in [5, 5.41) is 3.22. The topological polar surface area (TPSA) is 55.1 Å². The highest BCUT2D eigenvalue weighted by atomic mass is 79.9. The molecule has 0 saturated heterocycles. The Morgan fingerprint density at radius 3 is 2.74 bits per heavy atom. The van der Waals surface area contributed by atoms with Crippen LogP contribution in [0, 0.1) is 6.92 Å². The molecule has 3 nitrogen and oxygen atoms in total. The molecule has 0 aliphatic rings. The van der Waals surface area contributed by atoms with Gasteiger partial charge < -0.3 is 11.1 Å². The van der Waals surface area contributed by atoms with E-state index in [0.29, 0.717) is 22.0 Å². The van der Waals surface area contributed by atoms with E-state index in [2.05, 4.69) is 21.2 Å². The molecule has 0 fully saturated rings. The molecule has 0 aromatic heterocycles. The molecular formula is C14H12BrClN2O. The van der Waals surface area contributed by atoms with Gasteiger partial charge in [0.2, 0.25) is 0 Å². The summed E-state index contributed by atoms with van der Waals surface area (Å²) in [5.74, 6) is -0.216. The third-order valence-corrected chi connectivity index (χ3v) is 3.51. The second-order valence-corrected chi connectivity index (χ2v) is 5.48. The van der Waals surface area contributed by atoms with Crippen molar-refractivity contribution in [2.24, 2.45) is 0 Å². The van der Waals surface area contributed by atoms with Crippen LogP contribution in [-0.2, 0) is 0 Å². The highest BCUT2D eigenvalue weighted by Gasteiger charge is 2.11. The quantitative estimate of drug-likeness (QED) is 0.804. The van der Waals surface area contributed by atoms with Gasteiger partial charge in [-0.05, 0) is 42.8 Å². The number of carbonyl (C=O) groups excluding carboxylic acids is 1. The summed E-state index contributed by atoms with van der Waals surface area (Å²) in [4.78, 5) is 12.2. The van der Waals surface area contributed by atoms with Crippen LogP contribution in [0.4, 0.5) is 11.4 Å². The lowest BCUT2D eigenvalue weighted by Crippen LogP contribution is -2.13. The lowest BCUT2D eigenvalue weighted by atomic mass is 10.1. The van der Waals surface area contributed by atoms with Crippen molar-refractivity contribution < 1.29 is 4.79 Å². The fourth-order valence-electron chi connectivity index (χ4n) is 1.67. The summed E-state index contributed by atoms with van der Waals surface area (Å²) in [5.41, 5.74) is 8.21. The Morgan fingerprint density at radius 2 is 2.00 bits per heavy atom. The van der Waals surface area contributed by atoms with Crippen molar-refractivity contribution in [2.75, 3.05) is 11.1 Å². The number of halogens is 2. The molecular weight excluding hydrogens is 328 g/mol. The molecule has 0 spiro atoms. The average molecular weight is 340 g/mol. The number of amides is 1. The van der Waals surface area contributed by atoms with Crippen molar-refractivity contribution in [1.29, 1.82) is 0 Å². The highest BCUT2D eigenvalue weighted by molar-refractivity contribution is 9.10. The Morgan fingerprint density at radius 1 is 1.26 bits per heavy atom. The van der Waals surface area contributed by atoms with E-state index < -0.39 is 0 Å². The summed E-state index contributed by atoms with van der Waals surface area (Å²) in [6.07, 6.45) is 0. The lowest BCUT2D eigenvalue weighted by Gasteiger charge is -2.10. The third kappa shape index (κ3) is 3.28. The van der Waals surface area contributed by atoms with Crippen LogP contribution in [0.25, 0.3) is 0 Å². The van der Waals surface area contributed by atoms with Crippen molar-refractivity contribution in [2.45, 2.75) is 6.92 Å². The van der Waals surface area contributed by atoms with Gasteiger partial charge in [-0.15, -0.1) is 0 Å². The minimum atomic E-state index is -0.216. The number of nitrogen functional groups attached to an aromatic ring is 1. The van der Waals surface area contributed by atoms with Crippen LogP contribution in [0.3, 0.4) is 0 Å². The Balaban J connectivity index is 2.30. The number of aryl methyl sites for hydroxylation is 1. The van der Waals surface area contributed by atoms with Crippen molar-refractivity contribution >= 4 is 44.8 Å². The molecule has 0 aliphatic heterocycles. The number of hydrogen-bond acceptors (Lipinski definition) is 2.